The van der Waals surface area contributed by atoms with Crippen LogP contribution in [0.15, 0.2) is 36.4 Å². The Bertz CT molecular complexity index is 426. The molecule has 3 heteroatoms. The maximum atomic E-state index is 9.38. The van der Waals surface area contributed by atoms with Crippen molar-refractivity contribution in [3.63, 3.8) is 0 Å². The summed E-state index contributed by atoms with van der Waals surface area (Å²) in [4.78, 5) is 0. The summed E-state index contributed by atoms with van der Waals surface area (Å²) in [6, 6.07) is 10.1. The van der Waals surface area contributed by atoms with Gasteiger partial charge in [-0.05, 0) is 29.7 Å². The Kier molecular flexibility index (Phi) is 3.20. The van der Waals surface area contributed by atoms with Crippen LogP contribution in [0.4, 0.5) is 0 Å². The van der Waals surface area contributed by atoms with Gasteiger partial charge in [-0.1, -0.05) is 12.1 Å². The van der Waals surface area contributed by atoms with E-state index < -0.39 is 0 Å². The van der Waals surface area contributed by atoms with Crippen molar-refractivity contribution < 1.29 is 10.2 Å². The molecule has 61 valence electrons. The van der Waals surface area contributed by atoms with Gasteiger partial charge < -0.3 is 10.2 Å². The maximum absolute atomic E-state index is 9.38. The molecule has 2 N–H and O–H groups in total. The normalized spacial score (nSPS) is 9.54. The first-order chi connectivity index (χ1) is 5.77. The van der Waals surface area contributed by atoms with Gasteiger partial charge >= 0.3 is 0 Å². The van der Waals surface area contributed by atoms with Crippen molar-refractivity contribution in [3.05, 3.63) is 36.4 Å². The van der Waals surface area contributed by atoms with Crippen LogP contribution in [0, 0.1) is 0 Å². The van der Waals surface area contributed by atoms with E-state index in [2.05, 4.69) is 0 Å². The van der Waals surface area contributed by atoms with Gasteiger partial charge in [0.25, 0.3) is 0 Å². The Balaban J connectivity index is 0.000000845. The molecule has 0 atom stereocenters. The minimum atomic E-state index is 0. The van der Waals surface area contributed by atoms with E-state index in [4.69, 9.17) is 5.11 Å². The predicted molar refractivity (Wildman–Crippen MR) is 53.0 cm³/mol. The molecule has 0 heterocycles. The minimum Gasteiger partial charge on any atom is -0.508 e. The van der Waals surface area contributed by atoms with Gasteiger partial charge in [0.15, 0.2) is 0 Å². The molecule has 0 fully saturated rings. The molecule has 2 rings (SSSR count). The molecule has 13 heavy (non-hydrogen) atoms. The smallest absolute Gasteiger partial charge is 0.123 e. The summed E-state index contributed by atoms with van der Waals surface area (Å²) < 4.78 is 0. The van der Waals surface area contributed by atoms with E-state index in [1.807, 2.05) is 6.07 Å². The Morgan fingerprint density at radius 1 is 0.923 bits per heavy atom. The van der Waals surface area contributed by atoms with Crippen LogP contribution in [0.25, 0.3) is 10.8 Å². The van der Waals surface area contributed by atoms with Gasteiger partial charge in [-0.2, -0.15) is 0 Å². The fourth-order valence-corrected chi connectivity index (χ4v) is 1.25. The second-order valence-electron chi connectivity index (χ2n) is 2.68. The van der Waals surface area contributed by atoms with Crippen molar-refractivity contribution in [2.45, 2.75) is 0 Å². The molecule has 0 amide bonds. The zero-order valence-corrected chi connectivity index (χ0v) is 9.36. The van der Waals surface area contributed by atoms with E-state index >= 15 is 0 Å². The van der Waals surface area contributed by atoms with Crippen LogP contribution in [0.1, 0.15) is 0 Å². The largest absolute Gasteiger partial charge is 0.508 e. The molecule has 0 unspecified atom stereocenters. The molecule has 2 aromatic carbocycles. The van der Waals surface area contributed by atoms with E-state index in [0.29, 0.717) is 0 Å². The monoisotopic (exact) mass is 183 g/mol. The number of rotatable bonds is 0. The standard InChI is InChI=1S/C10H8O2.Na/c11-8-4-5-9-7(6-8)2-1-3-10(9)12;/h1-6,11-12H;. The van der Waals surface area contributed by atoms with Crippen molar-refractivity contribution in [2.24, 2.45) is 0 Å². The molecule has 0 aromatic heterocycles. The quantitative estimate of drug-likeness (QED) is 0.612. The van der Waals surface area contributed by atoms with Crippen LogP contribution >= 0.6 is 0 Å². The number of hydrogen-bond acceptors (Lipinski definition) is 2. The van der Waals surface area contributed by atoms with Crippen LogP contribution < -0.4 is 0 Å². The number of benzene rings is 2. The van der Waals surface area contributed by atoms with Crippen molar-refractivity contribution in [3.8, 4) is 11.5 Å². The fourth-order valence-electron chi connectivity index (χ4n) is 1.25. The van der Waals surface area contributed by atoms with Crippen LogP contribution in [-0.4, -0.2) is 39.8 Å². The molecule has 0 saturated heterocycles. The molecular formula is C10H8NaO2. The Morgan fingerprint density at radius 2 is 1.69 bits per heavy atom. The molecule has 2 aromatic rings. The van der Waals surface area contributed by atoms with Crippen LogP contribution in [0.5, 0.6) is 11.5 Å². The Labute approximate surface area is 98.1 Å². The molecule has 0 aliphatic carbocycles. The second kappa shape index (κ2) is 4.01. The van der Waals surface area contributed by atoms with E-state index in [0.717, 1.165) is 10.8 Å². The molecule has 0 bridgehead atoms. The Hall–Kier alpha value is -0.700. The van der Waals surface area contributed by atoms with Gasteiger partial charge in [-0.25, -0.2) is 0 Å². The van der Waals surface area contributed by atoms with Crippen LogP contribution in [0.3, 0.4) is 0 Å². The number of aromatic hydroxyl groups is 2. The molecule has 2 nitrogen and oxygen atoms in total. The third-order valence-electron chi connectivity index (χ3n) is 1.84. The SMILES string of the molecule is Oc1ccc2c(O)cccc2c1.[Na]. The summed E-state index contributed by atoms with van der Waals surface area (Å²) in [5.41, 5.74) is 0. The van der Waals surface area contributed by atoms with Crippen molar-refractivity contribution >= 4 is 40.3 Å². The van der Waals surface area contributed by atoms with Crippen LogP contribution in [0.2, 0.25) is 0 Å². The minimum absolute atomic E-state index is 0. The first-order valence-corrected chi connectivity index (χ1v) is 3.68. The number of hydrogen-bond donors (Lipinski definition) is 2. The van der Waals surface area contributed by atoms with Gasteiger partial charge in [0.1, 0.15) is 11.5 Å². The van der Waals surface area contributed by atoms with E-state index in [9.17, 15) is 5.11 Å². The number of fused-ring (bicyclic) bond motifs is 1. The summed E-state index contributed by atoms with van der Waals surface area (Å²) >= 11 is 0. The predicted octanol–water partition coefficient (Wildman–Crippen LogP) is 1.87. The van der Waals surface area contributed by atoms with Crippen LogP contribution in [-0.2, 0) is 0 Å². The van der Waals surface area contributed by atoms with Gasteiger partial charge in [0.2, 0.25) is 0 Å². The maximum Gasteiger partial charge on any atom is 0.123 e. The number of phenolic OH excluding ortho intramolecular Hbond substituents is 2. The van der Waals surface area contributed by atoms with E-state index in [1.165, 1.54) is 0 Å². The first-order valence-electron chi connectivity index (χ1n) is 3.68. The average molecular weight is 183 g/mol. The summed E-state index contributed by atoms with van der Waals surface area (Å²) in [6.45, 7) is 0. The molecule has 0 saturated carbocycles. The zero-order chi connectivity index (χ0) is 8.55. The fraction of sp³-hybridized carbons (Fsp3) is 0. The molecule has 0 spiro atoms. The van der Waals surface area contributed by atoms with Crippen molar-refractivity contribution in [1.29, 1.82) is 0 Å². The second-order valence-corrected chi connectivity index (χ2v) is 2.68. The summed E-state index contributed by atoms with van der Waals surface area (Å²) in [6.07, 6.45) is 0. The molecule has 0 aliphatic heterocycles. The number of phenols is 2. The zero-order valence-electron chi connectivity index (χ0n) is 7.36. The first kappa shape index (κ1) is 10.4. The van der Waals surface area contributed by atoms with Crippen molar-refractivity contribution in [2.75, 3.05) is 0 Å². The van der Waals surface area contributed by atoms with E-state index in [1.54, 1.807) is 30.3 Å². The Morgan fingerprint density at radius 3 is 2.46 bits per heavy atom. The topological polar surface area (TPSA) is 40.5 Å². The summed E-state index contributed by atoms with van der Waals surface area (Å²) in [5.74, 6) is 0.459. The summed E-state index contributed by atoms with van der Waals surface area (Å²) in [5, 5.41) is 20.1. The van der Waals surface area contributed by atoms with Gasteiger partial charge in [-0.15, -0.1) is 0 Å². The molecular weight excluding hydrogens is 175 g/mol. The van der Waals surface area contributed by atoms with Gasteiger partial charge in [-0.3, -0.25) is 0 Å². The van der Waals surface area contributed by atoms with E-state index in [-0.39, 0.29) is 41.1 Å². The molecule has 1 radical (unpaired) electrons. The summed E-state index contributed by atoms with van der Waals surface area (Å²) in [7, 11) is 0. The third-order valence-corrected chi connectivity index (χ3v) is 1.84. The van der Waals surface area contributed by atoms with Gasteiger partial charge in [0.05, 0.1) is 0 Å². The average Bonchev–Trinajstić information content (AvgIpc) is 2.04. The van der Waals surface area contributed by atoms with Crippen molar-refractivity contribution in [1.82, 2.24) is 0 Å². The van der Waals surface area contributed by atoms with Gasteiger partial charge in [0, 0.05) is 34.9 Å². The third kappa shape index (κ3) is 1.97. The molecule has 0 aliphatic rings.